The van der Waals surface area contributed by atoms with Gasteiger partial charge in [0.05, 0.1) is 17.5 Å². The fourth-order valence-corrected chi connectivity index (χ4v) is 3.38. The van der Waals surface area contributed by atoms with Gasteiger partial charge in [0, 0.05) is 13.0 Å². The molecule has 20 heavy (non-hydrogen) atoms. The molecule has 0 amide bonds. The number of ketones is 1. The first kappa shape index (κ1) is 13.3. The van der Waals surface area contributed by atoms with Gasteiger partial charge in [-0.15, -0.1) is 0 Å². The molecule has 106 valence electrons. The summed E-state index contributed by atoms with van der Waals surface area (Å²) in [5.41, 5.74) is 7.81. The van der Waals surface area contributed by atoms with E-state index >= 15 is 0 Å². The maximum Gasteiger partial charge on any atom is 0.143 e. The van der Waals surface area contributed by atoms with Gasteiger partial charge >= 0.3 is 0 Å². The molecule has 1 aliphatic rings. The molecule has 3 rings (SSSR count). The van der Waals surface area contributed by atoms with Gasteiger partial charge in [-0.1, -0.05) is 18.6 Å². The number of nitrogens with two attached hydrogens (primary N) is 1. The first-order valence-corrected chi connectivity index (χ1v) is 7.34. The van der Waals surface area contributed by atoms with E-state index in [4.69, 9.17) is 5.73 Å². The van der Waals surface area contributed by atoms with Crippen molar-refractivity contribution in [1.29, 1.82) is 0 Å². The maximum absolute atomic E-state index is 12.5. The zero-order valence-corrected chi connectivity index (χ0v) is 11.9. The van der Waals surface area contributed by atoms with Crippen LogP contribution >= 0.6 is 0 Å². The largest absolute Gasteiger partial charge is 0.331 e. The third kappa shape index (κ3) is 2.24. The first-order chi connectivity index (χ1) is 9.70. The fourth-order valence-electron chi connectivity index (χ4n) is 3.38. The molecule has 2 atom stereocenters. The number of carbonyl (C=O) groups is 1. The number of nitrogens with zero attached hydrogens (tertiary/aromatic N) is 2. The summed E-state index contributed by atoms with van der Waals surface area (Å²) in [6.45, 7) is 0.624. The van der Waals surface area contributed by atoms with Crippen molar-refractivity contribution in [2.24, 2.45) is 24.6 Å². The molecule has 0 radical (unpaired) electrons. The highest BCUT2D eigenvalue weighted by atomic mass is 16.1. The number of aryl methyl sites for hydroxylation is 1. The van der Waals surface area contributed by atoms with E-state index < -0.39 is 0 Å². The molecule has 4 nitrogen and oxygen atoms in total. The Bertz CT molecular complexity index is 632. The summed E-state index contributed by atoms with van der Waals surface area (Å²) in [5, 5.41) is 0. The Morgan fingerprint density at radius 2 is 2.20 bits per heavy atom. The number of carbonyl (C=O) groups excluding carboxylic acids is 1. The molecule has 1 heterocycles. The van der Waals surface area contributed by atoms with Crippen molar-refractivity contribution in [3.8, 4) is 0 Å². The maximum atomic E-state index is 12.5. The quantitative estimate of drug-likeness (QED) is 0.926. The highest BCUT2D eigenvalue weighted by Gasteiger charge is 2.32. The second kappa shape index (κ2) is 5.37. The Morgan fingerprint density at radius 3 is 2.95 bits per heavy atom. The smallest absolute Gasteiger partial charge is 0.143 e. The lowest BCUT2D eigenvalue weighted by Crippen LogP contribution is -2.27. The Kier molecular flexibility index (Phi) is 3.57. The zero-order chi connectivity index (χ0) is 14.1. The van der Waals surface area contributed by atoms with Gasteiger partial charge in [-0.05, 0) is 37.4 Å². The van der Waals surface area contributed by atoms with Gasteiger partial charge in [0.2, 0.25) is 0 Å². The van der Waals surface area contributed by atoms with Crippen molar-refractivity contribution < 1.29 is 4.79 Å². The van der Waals surface area contributed by atoms with E-state index in [2.05, 4.69) is 4.98 Å². The van der Waals surface area contributed by atoms with Crippen molar-refractivity contribution in [2.45, 2.75) is 25.7 Å². The summed E-state index contributed by atoms with van der Waals surface area (Å²) in [7, 11) is 1.98. The van der Waals surface area contributed by atoms with Gasteiger partial charge in [0.25, 0.3) is 0 Å². The minimum atomic E-state index is 0.139. The minimum Gasteiger partial charge on any atom is -0.331 e. The lowest BCUT2D eigenvalue weighted by molar-refractivity contribution is -0.123. The SMILES string of the molecule is Cn1c(CC(=O)C2CCCC2CN)nc2ccccc21. The number of para-hydroxylation sites is 2. The van der Waals surface area contributed by atoms with Crippen LogP contribution in [0.3, 0.4) is 0 Å². The summed E-state index contributed by atoms with van der Waals surface area (Å²) in [6, 6.07) is 8.00. The molecule has 2 aromatic rings. The molecule has 1 aromatic heterocycles. The van der Waals surface area contributed by atoms with E-state index in [1.807, 2.05) is 35.9 Å². The predicted molar refractivity (Wildman–Crippen MR) is 79.3 cm³/mol. The molecule has 0 bridgehead atoms. The Balaban J connectivity index is 1.82. The number of fused-ring (bicyclic) bond motifs is 1. The van der Waals surface area contributed by atoms with Crippen LogP contribution in [0.4, 0.5) is 0 Å². The topological polar surface area (TPSA) is 60.9 Å². The number of benzene rings is 1. The van der Waals surface area contributed by atoms with Crippen molar-refractivity contribution in [3.05, 3.63) is 30.1 Å². The average Bonchev–Trinajstić information content (AvgIpc) is 3.05. The van der Waals surface area contributed by atoms with Crippen LogP contribution in [0.25, 0.3) is 11.0 Å². The van der Waals surface area contributed by atoms with E-state index in [1.54, 1.807) is 0 Å². The second-order valence-corrected chi connectivity index (χ2v) is 5.75. The molecule has 1 fully saturated rings. The molecule has 1 aromatic carbocycles. The van der Waals surface area contributed by atoms with Crippen LogP contribution in [0.5, 0.6) is 0 Å². The normalized spacial score (nSPS) is 22.5. The number of hydrogen-bond acceptors (Lipinski definition) is 3. The van der Waals surface area contributed by atoms with Crippen LogP contribution in [-0.4, -0.2) is 21.9 Å². The molecule has 1 saturated carbocycles. The predicted octanol–water partition coefficient (Wildman–Crippen LogP) is 2.06. The summed E-state index contributed by atoms with van der Waals surface area (Å²) in [6.07, 6.45) is 3.63. The third-order valence-corrected chi connectivity index (χ3v) is 4.59. The molecular weight excluding hydrogens is 250 g/mol. The van der Waals surface area contributed by atoms with E-state index in [0.29, 0.717) is 24.7 Å². The van der Waals surface area contributed by atoms with Crippen molar-refractivity contribution >= 4 is 16.8 Å². The standard InChI is InChI=1S/C16H21N3O/c1-19-14-8-3-2-7-13(14)18-16(19)9-15(20)12-6-4-5-11(12)10-17/h2-3,7-8,11-12H,4-6,9-10,17H2,1H3. The van der Waals surface area contributed by atoms with E-state index in [1.165, 1.54) is 0 Å². The summed E-state index contributed by atoms with van der Waals surface area (Å²) in [5.74, 6) is 1.67. The monoisotopic (exact) mass is 271 g/mol. The molecule has 2 unspecified atom stereocenters. The van der Waals surface area contributed by atoms with Crippen molar-refractivity contribution in [3.63, 3.8) is 0 Å². The second-order valence-electron chi connectivity index (χ2n) is 5.75. The van der Waals surface area contributed by atoms with E-state index in [0.717, 1.165) is 36.1 Å². The Labute approximate surface area is 119 Å². The van der Waals surface area contributed by atoms with Crippen LogP contribution in [-0.2, 0) is 18.3 Å². The van der Waals surface area contributed by atoms with Gasteiger partial charge in [-0.25, -0.2) is 4.98 Å². The average molecular weight is 271 g/mol. The van der Waals surface area contributed by atoms with Gasteiger partial charge < -0.3 is 10.3 Å². The lowest BCUT2D eigenvalue weighted by atomic mass is 9.90. The third-order valence-electron chi connectivity index (χ3n) is 4.59. The molecule has 1 aliphatic carbocycles. The number of aromatic nitrogens is 2. The number of imidazole rings is 1. The van der Waals surface area contributed by atoms with E-state index in [9.17, 15) is 4.79 Å². The fraction of sp³-hybridized carbons (Fsp3) is 0.500. The molecule has 2 N–H and O–H groups in total. The number of Topliss-reactive ketones (excluding diaryl/α,β-unsaturated/α-hetero) is 1. The van der Waals surface area contributed by atoms with Crippen LogP contribution in [0.1, 0.15) is 25.1 Å². The number of hydrogen-bond donors (Lipinski definition) is 1. The van der Waals surface area contributed by atoms with Gasteiger partial charge in [-0.3, -0.25) is 4.79 Å². The summed E-state index contributed by atoms with van der Waals surface area (Å²) in [4.78, 5) is 17.1. The highest BCUT2D eigenvalue weighted by molar-refractivity contribution is 5.84. The Morgan fingerprint density at radius 1 is 1.40 bits per heavy atom. The molecular formula is C16H21N3O. The minimum absolute atomic E-state index is 0.139. The van der Waals surface area contributed by atoms with Gasteiger partial charge in [-0.2, -0.15) is 0 Å². The molecule has 0 saturated heterocycles. The van der Waals surface area contributed by atoms with Gasteiger partial charge in [0.15, 0.2) is 0 Å². The van der Waals surface area contributed by atoms with E-state index in [-0.39, 0.29) is 5.92 Å². The number of rotatable bonds is 4. The summed E-state index contributed by atoms with van der Waals surface area (Å²) >= 11 is 0. The molecule has 0 aliphatic heterocycles. The van der Waals surface area contributed by atoms with Crippen molar-refractivity contribution in [1.82, 2.24) is 9.55 Å². The van der Waals surface area contributed by atoms with Crippen LogP contribution < -0.4 is 5.73 Å². The zero-order valence-electron chi connectivity index (χ0n) is 11.9. The highest BCUT2D eigenvalue weighted by Crippen LogP contribution is 2.32. The first-order valence-electron chi connectivity index (χ1n) is 7.34. The van der Waals surface area contributed by atoms with Crippen LogP contribution in [0.15, 0.2) is 24.3 Å². The molecule has 4 heteroatoms. The van der Waals surface area contributed by atoms with Crippen molar-refractivity contribution in [2.75, 3.05) is 6.54 Å². The Hall–Kier alpha value is -1.68. The van der Waals surface area contributed by atoms with Crippen LogP contribution in [0.2, 0.25) is 0 Å². The lowest BCUT2D eigenvalue weighted by Gasteiger charge is -2.16. The summed E-state index contributed by atoms with van der Waals surface area (Å²) < 4.78 is 2.03. The van der Waals surface area contributed by atoms with Gasteiger partial charge in [0.1, 0.15) is 11.6 Å². The molecule has 0 spiro atoms. The van der Waals surface area contributed by atoms with Crippen LogP contribution in [0, 0.1) is 11.8 Å².